The first-order valence-corrected chi connectivity index (χ1v) is 8.49. The van der Waals surface area contributed by atoms with E-state index in [4.69, 9.17) is 9.72 Å². The minimum atomic E-state index is 0.711. The van der Waals surface area contributed by atoms with E-state index in [2.05, 4.69) is 38.5 Å². The molecule has 0 unspecified atom stereocenters. The summed E-state index contributed by atoms with van der Waals surface area (Å²) in [5.41, 5.74) is 4.11. The molecule has 0 radical (unpaired) electrons. The van der Waals surface area contributed by atoms with Crippen molar-refractivity contribution in [3.63, 3.8) is 0 Å². The summed E-state index contributed by atoms with van der Waals surface area (Å²) in [4.78, 5) is 11.6. The van der Waals surface area contributed by atoms with Crippen LogP contribution in [-0.2, 0) is 11.8 Å². The van der Waals surface area contributed by atoms with Gasteiger partial charge in [0.15, 0.2) is 0 Å². The van der Waals surface area contributed by atoms with Gasteiger partial charge in [-0.1, -0.05) is 12.1 Å². The molecule has 1 aliphatic heterocycles. The van der Waals surface area contributed by atoms with Crippen LogP contribution in [0, 0.1) is 6.92 Å². The predicted octanol–water partition coefficient (Wildman–Crippen LogP) is 2.22. The highest BCUT2D eigenvalue weighted by Gasteiger charge is 2.16. The largest absolute Gasteiger partial charge is 0.378 e. The quantitative estimate of drug-likeness (QED) is 0.790. The molecule has 3 heterocycles. The molecule has 4 rings (SSSR count). The number of nitrogens with zero attached hydrogens (tertiary/aromatic N) is 5. The second-order valence-electron chi connectivity index (χ2n) is 6.23. The molecule has 7 nitrogen and oxygen atoms in total. The number of benzene rings is 1. The summed E-state index contributed by atoms with van der Waals surface area (Å²) >= 11 is 0. The van der Waals surface area contributed by atoms with Crippen LogP contribution in [0.4, 0.5) is 11.8 Å². The molecule has 25 heavy (non-hydrogen) atoms. The molecule has 1 aromatic carbocycles. The highest BCUT2D eigenvalue weighted by atomic mass is 16.5. The number of fused-ring (bicyclic) bond motifs is 1. The van der Waals surface area contributed by atoms with E-state index in [1.54, 1.807) is 0 Å². The Bertz CT molecular complexity index is 913. The summed E-state index contributed by atoms with van der Waals surface area (Å²) in [6, 6.07) is 8.33. The van der Waals surface area contributed by atoms with E-state index >= 15 is 0 Å². The molecule has 130 valence electrons. The smallest absolute Gasteiger partial charge is 0.228 e. The Balaban J connectivity index is 1.79. The second-order valence-corrected chi connectivity index (χ2v) is 6.23. The van der Waals surface area contributed by atoms with Crippen LogP contribution >= 0.6 is 0 Å². The van der Waals surface area contributed by atoms with Crippen LogP contribution in [-0.4, -0.2) is 53.1 Å². The maximum absolute atomic E-state index is 5.43. The van der Waals surface area contributed by atoms with Gasteiger partial charge in [0.25, 0.3) is 0 Å². The molecule has 0 amide bonds. The number of ether oxygens (including phenoxy) is 1. The lowest BCUT2D eigenvalue weighted by Gasteiger charge is -2.27. The molecular formula is C18H22N6O. The zero-order valence-corrected chi connectivity index (χ0v) is 14.8. The van der Waals surface area contributed by atoms with Crippen LogP contribution in [0.1, 0.15) is 5.69 Å². The number of anilines is 2. The lowest BCUT2D eigenvalue weighted by Crippen LogP contribution is -2.37. The first-order valence-electron chi connectivity index (χ1n) is 8.49. The molecule has 1 aliphatic rings. The van der Waals surface area contributed by atoms with Gasteiger partial charge in [0.05, 0.1) is 30.1 Å². The molecule has 0 atom stereocenters. The van der Waals surface area contributed by atoms with Crippen molar-refractivity contribution in [2.24, 2.45) is 7.05 Å². The van der Waals surface area contributed by atoms with Crippen molar-refractivity contribution >= 4 is 22.7 Å². The van der Waals surface area contributed by atoms with Crippen LogP contribution < -0.4 is 10.2 Å². The van der Waals surface area contributed by atoms with E-state index in [9.17, 15) is 0 Å². The highest BCUT2D eigenvalue weighted by Crippen LogP contribution is 2.27. The summed E-state index contributed by atoms with van der Waals surface area (Å²) < 4.78 is 7.35. The van der Waals surface area contributed by atoms with Crippen LogP contribution in [0.25, 0.3) is 22.2 Å². The fourth-order valence-corrected chi connectivity index (χ4v) is 3.21. The minimum absolute atomic E-state index is 0.711. The lowest BCUT2D eigenvalue weighted by molar-refractivity contribution is 0.122. The first-order chi connectivity index (χ1) is 12.2. The van der Waals surface area contributed by atoms with Crippen molar-refractivity contribution in [1.82, 2.24) is 19.7 Å². The normalized spacial score (nSPS) is 14.9. The zero-order valence-electron chi connectivity index (χ0n) is 14.8. The van der Waals surface area contributed by atoms with Crippen molar-refractivity contribution in [3.05, 3.63) is 30.0 Å². The van der Waals surface area contributed by atoms with Gasteiger partial charge in [0, 0.05) is 44.2 Å². The van der Waals surface area contributed by atoms with Crippen LogP contribution in [0.15, 0.2) is 24.3 Å². The van der Waals surface area contributed by atoms with Gasteiger partial charge in [-0.25, -0.2) is 4.98 Å². The number of hydrogen-bond donors (Lipinski definition) is 1. The summed E-state index contributed by atoms with van der Waals surface area (Å²) in [7, 11) is 3.85. The minimum Gasteiger partial charge on any atom is -0.378 e. The Hall–Kier alpha value is -2.67. The third kappa shape index (κ3) is 2.91. The van der Waals surface area contributed by atoms with Gasteiger partial charge >= 0.3 is 0 Å². The van der Waals surface area contributed by atoms with Gasteiger partial charge < -0.3 is 15.0 Å². The summed E-state index contributed by atoms with van der Waals surface area (Å²) in [6.07, 6.45) is 0. The van der Waals surface area contributed by atoms with Gasteiger partial charge in [0.1, 0.15) is 5.82 Å². The summed E-state index contributed by atoms with van der Waals surface area (Å²) in [6.45, 7) is 5.08. The van der Waals surface area contributed by atoms with Gasteiger partial charge in [-0.3, -0.25) is 4.68 Å². The molecule has 3 aromatic rings. The standard InChI is InChI=1S/C18H22N6O/c1-12-14-5-4-13(10-16(14)23(3)22-12)15-11-17(19-2)21-18(20-15)24-6-8-25-9-7-24/h4-5,10-11H,6-9H2,1-3H3,(H,19,20,21). The highest BCUT2D eigenvalue weighted by molar-refractivity contribution is 5.86. The van der Waals surface area contributed by atoms with E-state index in [1.165, 1.54) is 5.39 Å². The molecule has 2 aromatic heterocycles. The topological polar surface area (TPSA) is 68.1 Å². The third-order valence-electron chi connectivity index (χ3n) is 4.60. The van der Waals surface area contributed by atoms with E-state index in [1.807, 2.05) is 31.8 Å². The average molecular weight is 338 g/mol. The maximum atomic E-state index is 5.43. The van der Waals surface area contributed by atoms with Crippen molar-refractivity contribution in [1.29, 1.82) is 0 Å². The molecule has 1 fully saturated rings. The van der Waals surface area contributed by atoms with E-state index in [0.29, 0.717) is 13.2 Å². The molecule has 1 saturated heterocycles. The SMILES string of the molecule is CNc1cc(-c2ccc3c(C)nn(C)c3c2)nc(N2CCOCC2)n1. The van der Waals surface area contributed by atoms with Gasteiger partial charge in [0.2, 0.25) is 5.95 Å². The Morgan fingerprint density at radius 2 is 1.92 bits per heavy atom. The first kappa shape index (κ1) is 15.8. The number of morpholine rings is 1. The average Bonchev–Trinajstić information content (AvgIpc) is 2.95. The Morgan fingerprint density at radius 3 is 2.68 bits per heavy atom. The molecule has 7 heteroatoms. The summed E-state index contributed by atoms with van der Waals surface area (Å²) in [5.74, 6) is 1.55. The van der Waals surface area contributed by atoms with Crippen LogP contribution in [0.3, 0.4) is 0 Å². The molecule has 0 bridgehead atoms. The number of aryl methyl sites for hydroxylation is 2. The maximum Gasteiger partial charge on any atom is 0.228 e. The molecule has 0 spiro atoms. The zero-order chi connectivity index (χ0) is 17.4. The number of rotatable bonds is 3. The van der Waals surface area contributed by atoms with Crippen molar-refractivity contribution < 1.29 is 4.74 Å². The lowest BCUT2D eigenvalue weighted by atomic mass is 10.1. The number of hydrogen-bond acceptors (Lipinski definition) is 6. The van der Waals surface area contributed by atoms with Crippen molar-refractivity contribution in [2.75, 3.05) is 43.6 Å². The summed E-state index contributed by atoms with van der Waals surface area (Å²) in [5, 5.41) is 8.81. The fraction of sp³-hybridized carbons (Fsp3) is 0.389. The van der Waals surface area contributed by atoms with E-state index in [-0.39, 0.29) is 0 Å². The van der Waals surface area contributed by atoms with Crippen molar-refractivity contribution in [3.8, 4) is 11.3 Å². The molecule has 0 saturated carbocycles. The second kappa shape index (κ2) is 6.33. The fourth-order valence-electron chi connectivity index (χ4n) is 3.21. The van der Waals surface area contributed by atoms with Crippen molar-refractivity contribution in [2.45, 2.75) is 6.92 Å². The number of aromatic nitrogens is 4. The van der Waals surface area contributed by atoms with Crippen LogP contribution in [0.5, 0.6) is 0 Å². The molecule has 0 aliphatic carbocycles. The van der Waals surface area contributed by atoms with E-state index in [0.717, 1.165) is 47.3 Å². The Morgan fingerprint density at radius 1 is 1.12 bits per heavy atom. The third-order valence-corrected chi connectivity index (χ3v) is 4.60. The van der Waals surface area contributed by atoms with E-state index < -0.39 is 0 Å². The molecular weight excluding hydrogens is 316 g/mol. The predicted molar refractivity (Wildman–Crippen MR) is 99.1 cm³/mol. The Kier molecular flexibility index (Phi) is 4.01. The Labute approximate surface area is 146 Å². The van der Waals surface area contributed by atoms with Crippen LogP contribution in [0.2, 0.25) is 0 Å². The number of nitrogens with one attached hydrogen (secondary N) is 1. The monoisotopic (exact) mass is 338 g/mol. The van der Waals surface area contributed by atoms with Gasteiger partial charge in [-0.2, -0.15) is 10.1 Å². The van der Waals surface area contributed by atoms with Gasteiger partial charge in [-0.15, -0.1) is 0 Å². The van der Waals surface area contributed by atoms with Gasteiger partial charge in [-0.05, 0) is 13.0 Å². The molecule has 1 N–H and O–H groups in total.